The summed E-state index contributed by atoms with van der Waals surface area (Å²) in [5.74, 6) is -2.81. The number of ether oxygens (including phenoxy) is 1. The number of phenols is 1. The fourth-order valence-corrected chi connectivity index (χ4v) is 6.58. The molecule has 3 aliphatic rings. The number of hydrogen-bond acceptors (Lipinski definition) is 6. The van der Waals surface area contributed by atoms with Gasteiger partial charge in [0.25, 0.3) is 0 Å². The van der Waals surface area contributed by atoms with E-state index in [9.17, 15) is 24.2 Å². The summed E-state index contributed by atoms with van der Waals surface area (Å²) in [6, 6.07) is 21.3. The lowest BCUT2D eigenvalue weighted by atomic mass is 9.69. The maximum atomic E-state index is 13.8. The fourth-order valence-electron chi connectivity index (χ4n) is 6.58. The molecule has 7 nitrogen and oxygen atoms in total. The molecule has 3 N–H and O–H groups in total. The maximum Gasteiger partial charge on any atom is 0.238 e. The first-order valence-corrected chi connectivity index (χ1v) is 14.2. The highest BCUT2D eigenvalue weighted by atomic mass is 19.1. The Hall–Kier alpha value is -4.27. The number of anilines is 3. The minimum absolute atomic E-state index is 0.183. The second kappa shape index (κ2) is 11.5. The molecule has 3 aromatic carbocycles. The Morgan fingerprint density at radius 3 is 2.48 bits per heavy atom. The van der Waals surface area contributed by atoms with Gasteiger partial charge >= 0.3 is 0 Å². The molecule has 0 aromatic heterocycles. The Morgan fingerprint density at radius 2 is 1.76 bits per heavy atom. The molecule has 2 amide bonds. The zero-order chi connectivity index (χ0) is 29.4. The number of nitrogens with zero attached hydrogens (tertiary/aromatic N) is 1. The van der Waals surface area contributed by atoms with Crippen LogP contribution in [0.2, 0.25) is 0 Å². The molecule has 216 valence electrons. The van der Waals surface area contributed by atoms with Crippen LogP contribution in [-0.2, 0) is 14.3 Å². The van der Waals surface area contributed by atoms with Crippen LogP contribution < -0.4 is 10.2 Å². The summed E-state index contributed by atoms with van der Waals surface area (Å²) in [5.41, 5.74) is 5.73. The highest BCUT2D eigenvalue weighted by molar-refractivity contribution is 6.22. The average Bonchev–Trinajstić information content (AvgIpc) is 3.52. The van der Waals surface area contributed by atoms with Crippen molar-refractivity contribution >= 4 is 35.0 Å². The van der Waals surface area contributed by atoms with Gasteiger partial charge in [-0.05, 0) is 91.4 Å². The number of carbonyl (C=O) groups excluding carboxylic acids is 2. The zero-order valence-corrected chi connectivity index (χ0v) is 23.3. The number of aliphatic hydroxyl groups excluding tert-OH is 1. The number of fused-ring (bicyclic) bond motifs is 3. The van der Waals surface area contributed by atoms with Crippen LogP contribution in [0.1, 0.15) is 31.7 Å². The van der Waals surface area contributed by atoms with Crippen molar-refractivity contribution in [2.45, 2.75) is 32.3 Å². The second-order valence-corrected chi connectivity index (χ2v) is 11.3. The number of allylic oxidation sites excluding steroid dienone is 1. The lowest BCUT2D eigenvalue weighted by Crippen LogP contribution is -2.35. The third kappa shape index (κ3) is 5.24. The van der Waals surface area contributed by atoms with Crippen LogP contribution >= 0.6 is 0 Å². The monoisotopic (exact) mass is 568 g/mol. The van der Waals surface area contributed by atoms with Crippen LogP contribution in [0.5, 0.6) is 5.75 Å². The van der Waals surface area contributed by atoms with Gasteiger partial charge in [0, 0.05) is 17.3 Å². The number of carbonyl (C=O) groups is 2. The number of amides is 2. The first-order chi connectivity index (χ1) is 20.3. The molecule has 0 bridgehead atoms. The Kier molecular flexibility index (Phi) is 7.66. The van der Waals surface area contributed by atoms with Gasteiger partial charge in [0.2, 0.25) is 11.8 Å². The van der Waals surface area contributed by atoms with Crippen LogP contribution in [-0.4, -0.2) is 41.3 Å². The van der Waals surface area contributed by atoms with Crippen molar-refractivity contribution < 1.29 is 28.9 Å². The maximum absolute atomic E-state index is 13.8. The molecule has 2 fully saturated rings. The minimum atomic E-state index is -0.669. The molecule has 2 heterocycles. The standard InChI is InChI=1S/C34H33FN2O5/c1-20(15-21-8-13-29(39)28(35)16-21)7-14-30-31-22(18-38)17-26-32(27(31)19-42-30)34(41)37(33(26)40)25-11-9-24(10-12-25)36-23-5-3-2-4-6-23/h2-6,8-13,15-16,26-27,30,32,36,38-39H,7,14,17-19H2,1H3/b20-15+/t26-,27+,30-,32-/m1/s1. The van der Waals surface area contributed by atoms with Gasteiger partial charge in [-0.3, -0.25) is 14.5 Å². The number of rotatable bonds is 8. The molecular formula is C34H33FN2O5. The summed E-state index contributed by atoms with van der Waals surface area (Å²) < 4.78 is 19.9. The molecular weight excluding hydrogens is 535 g/mol. The SMILES string of the molecule is C/C(=C\c1ccc(O)c(F)c1)CC[C@H]1OC[C@H]2C1=C(CO)C[C@H]1C(=O)N(c3ccc(Nc4ccccc4)cc3)C(=O)[C@H]12. The Labute approximate surface area is 243 Å². The van der Waals surface area contributed by atoms with Crippen molar-refractivity contribution in [1.29, 1.82) is 0 Å². The van der Waals surface area contributed by atoms with Crippen molar-refractivity contribution in [3.8, 4) is 5.75 Å². The van der Waals surface area contributed by atoms with E-state index in [1.54, 1.807) is 18.2 Å². The molecule has 1 aliphatic carbocycles. The summed E-state index contributed by atoms with van der Waals surface area (Å²) >= 11 is 0. The number of halogens is 1. The predicted molar refractivity (Wildman–Crippen MR) is 159 cm³/mol. The molecule has 4 atom stereocenters. The summed E-state index contributed by atoms with van der Waals surface area (Å²) in [4.78, 5) is 28.7. The van der Waals surface area contributed by atoms with Crippen molar-refractivity contribution in [2.24, 2.45) is 17.8 Å². The van der Waals surface area contributed by atoms with Gasteiger partial charge in [-0.15, -0.1) is 0 Å². The Bertz CT molecular complexity index is 1570. The number of nitrogens with one attached hydrogen (secondary N) is 1. The number of aliphatic hydroxyl groups is 1. The molecule has 0 spiro atoms. The largest absolute Gasteiger partial charge is 0.505 e. The number of phenolic OH excluding ortho intramolecular Hbond substituents is 1. The highest BCUT2D eigenvalue weighted by Crippen LogP contribution is 2.50. The van der Waals surface area contributed by atoms with Crippen LogP contribution in [0, 0.1) is 23.6 Å². The smallest absolute Gasteiger partial charge is 0.238 e. The summed E-state index contributed by atoms with van der Waals surface area (Å²) in [6.07, 6.45) is 3.24. The Balaban J connectivity index is 1.17. The molecule has 42 heavy (non-hydrogen) atoms. The van der Waals surface area contributed by atoms with Crippen LogP contribution in [0.3, 0.4) is 0 Å². The van der Waals surface area contributed by atoms with Crippen molar-refractivity contribution in [3.63, 3.8) is 0 Å². The number of imide groups is 1. The molecule has 0 radical (unpaired) electrons. The molecule has 2 saturated heterocycles. The third-order valence-corrected chi connectivity index (χ3v) is 8.57. The Morgan fingerprint density at radius 1 is 1.02 bits per heavy atom. The molecule has 0 unspecified atom stereocenters. The second-order valence-electron chi connectivity index (χ2n) is 11.3. The van der Waals surface area contributed by atoms with E-state index in [1.165, 1.54) is 17.0 Å². The lowest BCUT2D eigenvalue weighted by molar-refractivity contribution is -0.122. The normalized spacial score (nSPS) is 23.8. The predicted octanol–water partition coefficient (Wildman–Crippen LogP) is 5.97. The molecule has 8 heteroatoms. The van der Waals surface area contributed by atoms with Crippen LogP contribution in [0.4, 0.5) is 21.5 Å². The first kappa shape index (κ1) is 27.9. The fraction of sp³-hybridized carbons (Fsp3) is 0.294. The van der Waals surface area contributed by atoms with Gasteiger partial charge in [0.05, 0.1) is 36.8 Å². The van der Waals surface area contributed by atoms with E-state index >= 15 is 0 Å². The van der Waals surface area contributed by atoms with Crippen molar-refractivity contribution in [1.82, 2.24) is 0 Å². The van der Waals surface area contributed by atoms with E-state index in [4.69, 9.17) is 4.74 Å². The number of benzene rings is 3. The van der Waals surface area contributed by atoms with E-state index in [2.05, 4.69) is 5.32 Å². The van der Waals surface area contributed by atoms with Gasteiger partial charge in [0.1, 0.15) is 0 Å². The van der Waals surface area contributed by atoms with Gasteiger partial charge in [-0.1, -0.05) is 35.9 Å². The van der Waals surface area contributed by atoms with Crippen molar-refractivity contribution in [2.75, 3.05) is 23.4 Å². The van der Waals surface area contributed by atoms with E-state index in [0.29, 0.717) is 37.1 Å². The van der Waals surface area contributed by atoms with E-state index < -0.39 is 17.7 Å². The van der Waals surface area contributed by atoms with Gasteiger partial charge in [-0.25, -0.2) is 4.39 Å². The molecule has 3 aromatic rings. The molecule has 6 rings (SSSR count). The van der Waals surface area contributed by atoms with Gasteiger partial charge in [0.15, 0.2) is 11.6 Å². The average molecular weight is 569 g/mol. The summed E-state index contributed by atoms with van der Waals surface area (Å²) in [7, 11) is 0. The quantitative estimate of drug-likeness (QED) is 0.229. The van der Waals surface area contributed by atoms with E-state index in [0.717, 1.165) is 28.1 Å². The first-order valence-electron chi connectivity index (χ1n) is 14.2. The number of aromatic hydroxyl groups is 1. The zero-order valence-electron chi connectivity index (χ0n) is 23.3. The molecule has 0 saturated carbocycles. The lowest BCUT2D eigenvalue weighted by Gasteiger charge is -2.31. The summed E-state index contributed by atoms with van der Waals surface area (Å²) in [5, 5.41) is 23.0. The van der Waals surface area contributed by atoms with Crippen molar-refractivity contribution in [3.05, 3.63) is 101 Å². The van der Waals surface area contributed by atoms with Crippen LogP contribution in [0.15, 0.2) is 89.5 Å². The van der Waals surface area contributed by atoms with Gasteiger partial charge in [-0.2, -0.15) is 0 Å². The summed E-state index contributed by atoms with van der Waals surface area (Å²) in [6.45, 7) is 2.09. The molecule has 2 aliphatic heterocycles. The third-order valence-electron chi connectivity index (χ3n) is 8.57. The topological polar surface area (TPSA) is 99.1 Å². The van der Waals surface area contributed by atoms with E-state index in [-0.39, 0.29) is 36.2 Å². The number of para-hydroxylation sites is 1. The minimum Gasteiger partial charge on any atom is -0.505 e. The highest BCUT2D eigenvalue weighted by Gasteiger charge is 2.57. The van der Waals surface area contributed by atoms with Crippen LogP contribution in [0.25, 0.3) is 6.08 Å². The number of hydrogen-bond donors (Lipinski definition) is 3. The van der Waals surface area contributed by atoms with Gasteiger partial charge < -0.3 is 20.3 Å². The van der Waals surface area contributed by atoms with E-state index in [1.807, 2.05) is 55.5 Å².